The Kier molecular flexibility index (Phi) is 8.53. The van der Waals surface area contributed by atoms with Crippen LogP contribution in [0.2, 0.25) is 0 Å². The number of rotatable bonds is 10. The Morgan fingerprint density at radius 1 is 1.17 bits per heavy atom. The van der Waals surface area contributed by atoms with E-state index in [1.54, 1.807) is 20.1 Å². The molecule has 162 valence electrons. The second-order valence-corrected chi connectivity index (χ2v) is 7.17. The zero-order valence-electron chi connectivity index (χ0n) is 17.4. The van der Waals surface area contributed by atoms with Crippen LogP contribution in [0.4, 0.5) is 4.39 Å². The lowest BCUT2D eigenvalue weighted by atomic mass is 9.89. The van der Waals surface area contributed by atoms with Gasteiger partial charge in [0.1, 0.15) is 23.6 Å². The molecular formula is C23H29FN2O4. The van der Waals surface area contributed by atoms with Crippen molar-refractivity contribution in [2.75, 3.05) is 13.7 Å². The molecule has 2 aromatic rings. The van der Waals surface area contributed by atoms with Gasteiger partial charge in [-0.2, -0.15) is 0 Å². The van der Waals surface area contributed by atoms with Gasteiger partial charge in [0.25, 0.3) is 5.91 Å². The fourth-order valence-corrected chi connectivity index (χ4v) is 3.17. The van der Waals surface area contributed by atoms with Gasteiger partial charge in [-0.25, -0.2) is 9.87 Å². The Labute approximate surface area is 176 Å². The number of hydrogen-bond acceptors (Lipinski definition) is 5. The number of carbonyl (C=O) groups excluding carboxylic acids is 1. The van der Waals surface area contributed by atoms with E-state index < -0.39 is 23.7 Å². The van der Waals surface area contributed by atoms with Crippen molar-refractivity contribution in [2.45, 2.75) is 38.1 Å². The summed E-state index contributed by atoms with van der Waals surface area (Å²) in [6.45, 7) is 3.00. The fourth-order valence-electron chi connectivity index (χ4n) is 3.17. The summed E-state index contributed by atoms with van der Waals surface area (Å²) in [6, 6.07) is 14.4. The Balaban J connectivity index is 2.00. The summed E-state index contributed by atoms with van der Waals surface area (Å²) in [5.74, 6) is -0.0932. The Bertz CT molecular complexity index is 835. The van der Waals surface area contributed by atoms with Crippen LogP contribution in [-0.4, -0.2) is 47.7 Å². The SMILES string of the molecule is CCC(F)C(C)(O)C(NCC=Cc1ccc(-c2ccc(OC)cc2)cc1)C(=O)NO. The standard InChI is InChI=1S/C23H29FN2O4/c1-4-20(24)23(2,28)21(22(27)26-29)25-15-5-6-16-7-9-17(10-8-16)18-11-13-19(30-3)14-12-18/h5-14,20-21,25,28-29H,4,15H2,1-3H3,(H,26,27). The minimum absolute atomic E-state index is 0.0419. The molecule has 2 aromatic carbocycles. The van der Waals surface area contributed by atoms with Gasteiger partial charge in [-0.3, -0.25) is 15.3 Å². The smallest absolute Gasteiger partial charge is 0.263 e. The van der Waals surface area contributed by atoms with Crippen LogP contribution in [0.25, 0.3) is 17.2 Å². The summed E-state index contributed by atoms with van der Waals surface area (Å²) in [5.41, 5.74) is 2.60. The molecule has 0 aliphatic rings. The lowest BCUT2D eigenvalue weighted by Crippen LogP contribution is -2.61. The molecule has 0 saturated heterocycles. The normalized spacial score (nSPS) is 15.4. The van der Waals surface area contributed by atoms with Crippen molar-refractivity contribution in [1.29, 1.82) is 0 Å². The molecule has 0 fully saturated rings. The van der Waals surface area contributed by atoms with Gasteiger partial charge in [0, 0.05) is 6.54 Å². The van der Waals surface area contributed by atoms with Crippen LogP contribution in [0.1, 0.15) is 25.8 Å². The number of hydroxylamine groups is 1. The fraction of sp³-hybridized carbons (Fsp3) is 0.348. The van der Waals surface area contributed by atoms with Crippen molar-refractivity contribution < 1.29 is 24.2 Å². The molecule has 0 aromatic heterocycles. The highest BCUT2D eigenvalue weighted by molar-refractivity contribution is 5.82. The van der Waals surface area contributed by atoms with Crippen molar-refractivity contribution in [3.63, 3.8) is 0 Å². The van der Waals surface area contributed by atoms with Crippen molar-refractivity contribution in [3.05, 3.63) is 60.2 Å². The first-order valence-corrected chi connectivity index (χ1v) is 9.78. The molecule has 7 heteroatoms. The molecule has 0 aliphatic heterocycles. The van der Waals surface area contributed by atoms with Crippen LogP contribution < -0.4 is 15.5 Å². The van der Waals surface area contributed by atoms with E-state index in [1.807, 2.05) is 54.6 Å². The van der Waals surface area contributed by atoms with Crippen molar-refractivity contribution >= 4 is 12.0 Å². The molecule has 0 aliphatic carbocycles. The number of benzene rings is 2. The first kappa shape index (κ1) is 23.5. The van der Waals surface area contributed by atoms with Crippen LogP contribution in [0, 0.1) is 0 Å². The third-order valence-corrected chi connectivity index (χ3v) is 5.03. The summed E-state index contributed by atoms with van der Waals surface area (Å²) in [6.07, 6.45) is 2.03. The number of halogens is 1. The molecule has 6 nitrogen and oxygen atoms in total. The number of aliphatic hydroxyl groups is 1. The van der Waals surface area contributed by atoms with Gasteiger partial charge in [-0.05, 0) is 42.2 Å². The lowest BCUT2D eigenvalue weighted by molar-refractivity contribution is -0.142. The third-order valence-electron chi connectivity index (χ3n) is 5.03. The second kappa shape index (κ2) is 10.9. The molecule has 30 heavy (non-hydrogen) atoms. The van der Waals surface area contributed by atoms with Gasteiger partial charge in [0.15, 0.2) is 0 Å². The number of hydrogen-bond donors (Lipinski definition) is 4. The monoisotopic (exact) mass is 416 g/mol. The molecule has 0 radical (unpaired) electrons. The molecule has 2 rings (SSSR count). The summed E-state index contributed by atoms with van der Waals surface area (Å²) in [5, 5.41) is 22.1. The van der Waals surface area contributed by atoms with Crippen molar-refractivity contribution in [2.24, 2.45) is 0 Å². The minimum atomic E-state index is -1.96. The lowest BCUT2D eigenvalue weighted by Gasteiger charge is -2.34. The quantitative estimate of drug-likeness (QED) is 0.352. The maximum Gasteiger partial charge on any atom is 0.263 e. The van der Waals surface area contributed by atoms with Crippen LogP contribution in [0.5, 0.6) is 5.75 Å². The van der Waals surface area contributed by atoms with Crippen LogP contribution in [0.3, 0.4) is 0 Å². The van der Waals surface area contributed by atoms with Gasteiger partial charge in [-0.1, -0.05) is 55.5 Å². The predicted molar refractivity (Wildman–Crippen MR) is 115 cm³/mol. The summed E-state index contributed by atoms with van der Waals surface area (Å²) in [4.78, 5) is 11.9. The number of nitrogens with one attached hydrogen (secondary N) is 2. The van der Waals surface area contributed by atoms with Crippen molar-refractivity contribution in [1.82, 2.24) is 10.8 Å². The van der Waals surface area contributed by atoms with E-state index in [2.05, 4.69) is 5.32 Å². The Hall–Kier alpha value is -2.74. The maximum absolute atomic E-state index is 14.1. The number of amides is 1. The van der Waals surface area contributed by atoms with Gasteiger partial charge in [0.2, 0.25) is 0 Å². The summed E-state index contributed by atoms with van der Waals surface area (Å²) >= 11 is 0. The highest BCUT2D eigenvalue weighted by atomic mass is 19.1. The van der Waals surface area contributed by atoms with E-state index in [4.69, 9.17) is 9.94 Å². The molecule has 3 atom stereocenters. The van der Waals surface area contributed by atoms with Gasteiger partial charge >= 0.3 is 0 Å². The van der Waals surface area contributed by atoms with E-state index in [-0.39, 0.29) is 13.0 Å². The average molecular weight is 416 g/mol. The molecule has 0 bridgehead atoms. The van der Waals surface area contributed by atoms with E-state index in [0.29, 0.717) is 0 Å². The molecule has 0 saturated carbocycles. The molecule has 0 heterocycles. The second-order valence-electron chi connectivity index (χ2n) is 7.17. The van der Waals surface area contributed by atoms with Crippen LogP contribution in [-0.2, 0) is 4.79 Å². The highest BCUT2D eigenvalue weighted by Gasteiger charge is 2.43. The average Bonchev–Trinajstić information content (AvgIpc) is 2.78. The largest absolute Gasteiger partial charge is 0.497 e. The zero-order valence-corrected chi connectivity index (χ0v) is 17.4. The number of carbonyl (C=O) groups is 1. The third kappa shape index (κ3) is 5.89. The topological polar surface area (TPSA) is 90.8 Å². The minimum Gasteiger partial charge on any atom is -0.497 e. The van der Waals surface area contributed by atoms with Crippen LogP contribution >= 0.6 is 0 Å². The van der Waals surface area contributed by atoms with E-state index in [9.17, 15) is 14.3 Å². The van der Waals surface area contributed by atoms with Gasteiger partial charge in [-0.15, -0.1) is 0 Å². The molecule has 0 spiro atoms. The zero-order chi connectivity index (χ0) is 22.1. The highest BCUT2D eigenvalue weighted by Crippen LogP contribution is 2.23. The predicted octanol–water partition coefficient (Wildman–Crippen LogP) is 3.34. The number of ether oxygens (including phenoxy) is 1. The van der Waals surface area contributed by atoms with Gasteiger partial charge < -0.3 is 9.84 Å². The first-order valence-electron chi connectivity index (χ1n) is 9.78. The Morgan fingerprint density at radius 3 is 2.23 bits per heavy atom. The molecule has 1 amide bonds. The van der Waals surface area contributed by atoms with Crippen LogP contribution in [0.15, 0.2) is 54.6 Å². The van der Waals surface area contributed by atoms with E-state index in [1.165, 1.54) is 12.4 Å². The molecular weight excluding hydrogens is 387 g/mol. The summed E-state index contributed by atoms with van der Waals surface area (Å²) in [7, 11) is 1.63. The summed E-state index contributed by atoms with van der Waals surface area (Å²) < 4.78 is 19.2. The Morgan fingerprint density at radius 2 is 1.73 bits per heavy atom. The molecule has 4 N–H and O–H groups in total. The number of alkyl halides is 1. The van der Waals surface area contributed by atoms with Crippen molar-refractivity contribution in [3.8, 4) is 16.9 Å². The molecule has 3 unspecified atom stereocenters. The van der Waals surface area contributed by atoms with E-state index in [0.717, 1.165) is 22.4 Å². The van der Waals surface area contributed by atoms with Gasteiger partial charge in [0.05, 0.1) is 7.11 Å². The number of methoxy groups -OCH3 is 1. The van der Waals surface area contributed by atoms with E-state index >= 15 is 0 Å². The maximum atomic E-state index is 14.1. The first-order chi connectivity index (χ1) is 14.3.